The van der Waals surface area contributed by atoms with Gasteiger partial charge in [0.05, 0.1) is 48.4 Å². The molecule has 0 unspecified atom stereocenters. The van der Waals surface area contributed by atoms with Crippen molar-refractivity contribution < 1.29 is 33.0 Å². The summed E-state index contributed by atoms with van der Waals surface area (Å²) in [4.78, 5) is 23.6. The van der Waals surface area contributed by atoms with Gasteiger partial charge in [-0.1, -0.05) is 5.16 Å². The van der Waals surface area contributed by atoms with Crippen LogP contribution >= 0.6 is 0 Å². The summed E-state index contributed by atoms with van der Waals surface area (Å²) in [6.45, 7) is 9.32. The fourth-order valence-electron chi connectivity index (χ4n) is 4.61. The van der Waals surface area contributed by atoms with E-state index in [-0.39, 0.29) is 30.6 Å². The molecule has 0 bridgehead atoms. The Balaban J connectivity index is 1.70. The summed E-state index contributed by atoms with van der Waals surface area (Å²) in [5, 5.41) is 20.3. The van der Waals surface area contributed by atoms with Crippen LogP contribution in [0.25, 0.3) is 22.6 Å². The number of rotatable bonds is 11. The van der Waals surface area contributed by atoms with Crippen molar-refractivity contribution in [2.45, 2.75) is 39.8 Å². The monoisotopic (exact) mass is 572 g/mol. The lowest BCUT2D eigenvalue weighted by Crippen LogP contribution is -2.52. The number of aliphatic hydroxyl groups is 1. The maximum absolute atomic E-state index is 15.2. The predicted molar refractivity (Wildman–Crippen MR) is 149 cm³/mol. The number of ether oxygens (including phenoxy) is 3. The van der Waals surface area contributed by atoms with Crippen LogP contribution in [-0.2, 0) is 9.47 Å². The lowest BCUT2D eigenvalue weighted by molar-refractivity contribution is -0.00379. The first kappa shape index (κ1) is 30.2. The van der Waals surface area contributed by atoms with Gasteiger partial charge in [-0.3, -0.25) is 4.90 Å². The first-order chi connectivity index (χ1) is 19.7. The van der Waals surface area contributed by atoms with Crippen molar-refractivity contribution in [2.75, 3.05) is 58.4 Å². The van der Waals surface area contributed by atoms with Gasteiger partial charge in [-0.2, -0.15) is 0 Å². The minimum atomic E-state index is -0.732. The van der Waals surface area contributed by atoms with E-state index in [9.17, 15) is 9.90 Å². The molecule has 3 aromatic rings. The van der Waals surface area contributed by atoms with E-state index >= 15 is 4.39 Å². The molecular weight excluding hydrogens is 535 g/mol. The molecule has 1 aromatic carbocycles. The van der Waals surface area contributed by atoms with Crippen LogP contribution < -0.4 is 15.4 Å². The molecule has 3 N–H and O–H groups in total. The zero-order valence-electron chi connectivity index (χ0n) is 24.0. The number of hydrogen-bond donors (Lipinski definition) is 3. The average molecular weight is 573 g/mol. The minimum absolute atomic E-state index is 0.0260. The number of benzene rings is 1. The summed E-state index contributed by atoms with van der Waals surface area (Å²) < 4.78 is 37.1. The van der Waals surface area contributed by atoms with E-state index < -0.39 is 18.0 Å². The Morgan fingerprint density at radius 2 is 2.10 bits per heavy atom. The predicted octanol–water partition coefficient (Wildman–Crippen LogP) is 3.09. The number of halogens is 1. The van der Waals surface area contributed by atoms with Crippen molar-refractivity contribution in [3.63, 3.8) is 0 Å². The van der Waals surface area contributed by atoms with Crippen LogP contribution in [0.4, 0.5) is 15.0 Å². The van der Waals surface area contributed by atoms with Crippen LogP contribution in [0.2, 0.25) is 0 Å². The van der Waals surface area contributed by atoms with E-state index in [4.69, 9.17) is 23.7 Å². The summed E-state index contributed by atoms with van der Waals surface area (Å²) in [6.07, 6.45) is -1.14. The topological polar surface area (TPSA) is 144 Å². The fourth-order valence-corrected chi connectivity index (χ4v) is 4.61. The number of hydrogen-bond acceptors (Lipinski definition) is 11. The Morgan fingerprint density at radius 3 is 2.80 bits per heavy atom. The molecule has 0 saturated carbocycles. The second-order valence-corrected chi connectivity index (χ2v) is 9.73. The second kappa shape index (κ2) is 13.7. The molecule has 3 heterocycles. The summed E-state index contributed by atoms with van der Waals surface area (Å²) in [7, 11) is 1.73. The second-order valence-electron chi connectivity index (χ2n) is 9.73. The van der Waals surface area contributed by atoms with Crippen molar-refractivity contribution in [3.8, 4) is 28.4 Å². The van der Waals surface area contributed by atoms with Crippen LogP contribution in [0, 0.1) is 26.6 Å². The lowest BCUT2D eigenvalue weighted by atomic mass is 10.0. The molecule has 0 aliphatic carbocycles. The van der Waals surface area contributed by atoms with E-state index in [1.165, 1.54) is 18.2 Å². The standard InChI is InChI=1S/C28H37FN6O6/c1-6-39-28(37)35-9-10-38-14-19(35)12-31-26-16(2)25(24-17(3)34-41-18(24)4)32-27(33-26)22-11-21(7-8-23(22)29)40-15-20(36)13-30-5/h7-8,11,19-20,30,36H,6,9-10,12-15H2,1-5H3,(H,31,32,33)/t19-,20-/m1/s1. The van der Waals surface area contributed by atoms with Crippen LogP contribution in [0.15, 0.2) is 22.7 Å². The molecule has 2 atom stereocenters. The van der Waals surface area contributed by atoms with E-state index in [0.717, 1.165) is 0 Å². The molecule has 41 heavy (non-hydrogen) atoms. The van der Waals surface area contributed by atoms with E-state index in [2.05, 4.69) is 20.8 Å². The van der Waals surface area contributed by atoms with E-state index in [1.807, 2.05) is 13.8 Å². The number of carbonyl (C=O) groups is 1. The molecule has 1 amide bonds. The van der Waals surface area contributed by atoms with Gasteiger partial charge >= 0.3 is 6.09 Å². The number of likely N-dealkylation sites (N-methyl/N-ethyl adjacent to an activating group) is 1. The number of aryl methyl sites for hydroxylation is 2. The fraction of sp³-hybridized carbons (Fsp3) is 0.500. The highest BCUT2D eigenvalue weighted by molar-refractivity contribution is 5.75. The summed E-state index contributed by atoms with van der Waals surface area (Å²) >= 11 is 0. The number of carbonyl (C=O) groups excluding carboxylic acids is 1. The highest BCUT2D eigenvalue weighted by atomic mass is 19.1. The molecule has 1 saturated heterocycles. The van der Waals surface area contributed by atoms with Gasteiger partial charge in [0, 0.05) is 25.2 Å². The number of anilines is 1. The summed E-state index contributed by atoms with van der Waals surface area (Å²) in [5.41, 5.74) is 2.67. The first-order valence-corrected chi connectivity index (χ1v) is 13.6. The van der Waals surface area contributed by atoms with Gasteiger partial charge in [-0.25, -0.2) is 19.2 Å². The zero-order chi connectivity index (χ0) is 29.5. The third kappa shape index (κ3) is 7.10. The normalized spacial score (nSPS) is 16.0. The Morgan fingerprint density at radius 1 is 1.29 bits per heavy atom. The first-order valence-electron chi connectivity index (χ1n) is 13.6. The van der Waals surface area contributed by atoms with Gasteiger partial charge in [-0.15, -0.1) is 0 Å². The summed E-state index contributed by atoms with van der Waals surface area (Å²) in [6, 6.07) is 3.96. The van der Waals surface area contributed by atoms with Crippen molar-refractivity contribution >= 4 is 11.9 Å². The average Bonchev–Trinajstić information content (AvgIpc) is 3.29. The lowest BCUT2D eigenvalue weighted by Gasteiger charge is -2.35. The molecule has 12 nitrogen and oxygen atoms in total. The molecule has 0 spiro atoms. The van der Waals surface area contributed by atoms with Crippen molar-refractivity contribution in [1.82, 2.24) is 25.3 Å². The van der Waals surface area contributed by atoms with Gasteiger partial charge in [-0.05, 0) is 52.9 Å². The van der Waals surface area contributed by atoms with Gasteiger partial charge < -0.3 is 34.5 Å². The van der Waals surface area contributed by atoms with Gasteiger partial charge in [0.15, 0.2) is 5.82 Å². The van der Waals surface area contributed by atoms with Crippen molar-refractivity contribution in [2.24, 2.45) is 0 Å². The van der Waals surface area contributed by atoms with Crippen molar-refractivity contribution in [3.05, 3.63) is 41.0 Å². The Labute approximate surface area is 238 Å². The molecule has 1 aliphatic heterocycles. The van der Waals surface area contributed by atoms with Crippen LogP contribution in [0.3, 0.4) is 0 Å². The number of morpholine rings is 1. The molecule has 1 aliphatic rings. The van der Waals surface area contributed by atoms with Crippen LogP contribution in [0.1, 0.15) is 23.9 Å². The summed E-state index contributed by atoms with van der Waals surface area (Å²) in [5.74, 6) is 0.954. The highest BCUT2D eigenvalue weighted by Gasteiger charge is 2.29. The number of aromatic nitrogens is 3. The number of aliphatic hydroxyl groups excluding tert-OH is 1. The maximum Gasteiger partial charge on any atom is 0.410 e. The number of nitrogens with one attached hydrogen (secondary N) is 2. The third-order valence-corrected chi connectivity index (χ3v) is 6.71. The molecule has 13 heteroatoms. The third-order valence-electron chi connectivity index (χ3n) is 6.71. The SMILES string of the molecule is CCOC(=O)N1CCOC[C@H]1CNc1nc(-c2cc(OC[C@H](O)CNC)ccc2F)nc(-c2c(C)noc2C)c1C. The van der Waals surface area contributed by atoms with Gasteiger partial charge in [0.25, 0.3) is 0 Å². The van der Waals surface area contributed by atoms with Gasteiger partial charge in [0.2, 0.25) is 0 Å². The quantitative estimate of drug-likeness (QED) is 0.312. The van der Waals surface area contributed by atoms with E-state index in [1.54, 1.807) is 25.8 Å². The Kier molecular flexibility index (Phi) is 10.1. The molecular formula is C28H37FN6O6. The van der Waals surface area contributed by atoms with Gasteiger partial charge in [0.1, 0.15) is 35.9 Å². The maximum atomic E-state index is 15.2. The Bertz CT molecular complexity index is 1330. The molecule has 222 valence electrons. The minimum Gasteiger partial charge on any atom is -0.491 e. The smallest absolute Gasteiger partial charge is 0.410 e. The zero-order valence-corrected chi connectivity index (χ0v) is 24.0. The Hall–Kier alpha value is -3.81. The largest absolute Gasteiger partial charge is 0.491 e. The van der Waals surface area contributed by atoms with Crippen LogP contribution in [0.5, 0.6) is 5.75 Å². The molecule has 0 radical (unpaired) electrons. The number of nitrogens with zero attached hydrogens (tertiary/aromatic N) is 4. The van der Waals surface area contributed by atoms with Crippen molar-refractivity contribution in [1.29, 1.82) is 0 Å². The molecule has 2 aromatic heterocycles. The van der Waals surface area contributed by atoms with Crippen LogP contribution in [-0.4, -0.2) is 96.5 Å². The molecule has 4 rings (SSSR count). The highest BCUT2D eigenvalue weighted by Crippen LogP contribution is 2.34. The number of amides is 1. The molecule has 1 fully saturated rings. The van der Waals surface area contributed by atoms with E-state index in [0.29, 0.717) is 72.7 Å².